The van der Waals surface area contributed by atoms with Crippen molar-refractivity contribution in [3.05, 3.63) is 23.3 Å². The molecule has 1 aliphatic carbocycles. The van der Waals surface area contributed by atoms with Crippen molar-refractivity contribution in [3.8, 4) is 45.6 Å². The van der Waals surface area contributed by atoms with Gasteiger partial charge in [-0.25, -0.2) is 0 Å². The molecular weight excluding hydrogens is 432 g/mol. The SMILES string of the molecule is COc1cc2c(c(OC)c1OC)-c1c(cc3c(c1O)OCO3)C[C@H](C)[C@@](C)(O)[C@H]2OC(C)=O. The van der Waals surface area contributed by atoms with E-state index in [1.165, 1.54) is 28.3 Å². The van der Waals surface area contributed by atoms with Gasteiger partial charge in [0.05, 0.1) is 21.3 Å². The van der Waals surface area contributed by atoms with Crippen molar-refractivity contribution in [3.63, 3.8) is 0 Å². The highest BCUT2D eigenvalue weighted by Crippen LogP contribution is 2.58. The monoisotopic (exact) mass is 460 g/mol. The predicted molar refractivity (Wildman–Crippen MR) is 117 cm³/mol. The van der Waals surface area contributed by atoms with Crippen LogP contribution < -0.4 is 23.7 Å². The number of methoxy groups -OCH3 is 3. The predicted octanol–water partition coefficient (Wildman–Crippen LogP) is 3.36. The van der Waals surface area contributed by atoms with Gasteiger partial charge in [-0.2, -0.15) is 0 Å². The summed E-state index contributed by atoms with van der Waals surface area (Å²) in [6.45, 7) is 4.73. The van der Waals surface area contributed by atoms with Crippen LogP contribution in [0, 0.1) is 5.92 Å². The Morgan fingerprint density at radius 1 is 1.09 bits per heavy atom. The van der Waals surface area contributed by atoms with Crippen molar-refractivity contribution < 1.29 is 43.4 Å². The van der Waals surface area contributed by atoms with Gasteiger partial charge in [0.1, 0.15) is 5.60 Å². The fraction of sp³-hybridized carbons (Fsp3) is 0.458. The Morgan fingerprint density at radius 3 is 2.39 bits per heavy atom. The van der Waals surface area contributed by atoms with Gasteiger partial charge >= 0.3 is 5.97 Å². The Bertz CT molecular complexity index is 1110. The van der Waals surface area contributed by atoms with Crippen molar-refractivity contribution in [2.45, 2.75) is 38.9 Å². The van der Waals surface area contributed by atoms with Crippen molar-refractivity contribution >= 4 is 5.97 Å². The zero-order chi connectivity index (χ0) is 24.1. The molecule has 0 aromatic heterocycles. The Labute approximate surface area is 191 Å². The van der Waals surface area contributed by atoms with Crippen LogP contribution in [0.1, 0.15) is 38.0 Å². The van der Waals surface area contributed by atoms with Crippen LogP contribution in [0.4, 0.5) is 0 Å². The second-order valence-corrected chi connectivity index (χ2v) is 8.42. The molecule has 0 radical (unpaired) electrons. The van der Waals surface area contributed by atoms with Gasteiger partial charge < -0.3 is 38.6 Å². The first-order valence-corrected chi connectivity index (χ1v) is 10.5. The van der Waals surface area contributed by atoms with E-state index in [2.05, 4.69) is 0 Å². The van der Waals surface area contributed by atoms with E-state index in [1.807, 2.05) is 6.92 Å². The molecule has 0 unspecified atom stereocenters. The van der Waals surface area contributed by atoms with Crippen LogP contribution in [-0.2, 0) is 16.0 Å². The Kier molecular flexibility index (Phi) is 5.69. The third-order valence-electron chi connectivity index (χ3n) is 6.45. The molecule has 2 aromatic rings. The van der Waals surface area contributed by atoms with Gasteiger partial charge in [-0.3, -0.25) is 4.79 Å². The Morgan fingerprint density at radius 2 is 1.79 bits per heavy atom. The van der Waals surface area contributed by atoms with E-state index in [-0.39, 0.29) is 35.7 Å². The van der Waals surface area contributed by atoms with Gasteiger partial charge in [-0.05, 0) is 37.0 Å². The number of phenolic OH excluding ortho intramolecular Hbond substituents is 1. The van der Waals surface area contributed by atoms with Crippen molar-refractivity contribution in [1.29, 1.82) is 0 Å². The molecule has 3 atom stereocenters. The van der Waals surface area contributed by atoms with E-state index >= 15 is 0 Å². The maximum absolute atomic E-state index is 12.1. The normalized spacial score (nSPS) is 23.0. The highest BCUT2D eigenvalue weighted by Gasteiger charge is 2.46. The summed E-state index contributed by atoms with van der Waals surface area (Å²) in [6, 6.07) is 3.42. The molecule has 0 saturated heterocycles. The molecule has 0 saturated carbocycles. The molecule has 2 N–H and O–H groups in total. The van der Waals surface area contributed by atoms with Gasteiger partial charge in [-0.15, -0.1) is 0 Å². The molecule has 2 aliphatic rings. The molecule has 9 heteroatoms. The van der Waals surface area contributed by atoms with Crippen LogP contribution in [0.3, 0.4) is 0 Å². The molecule has 4 rings (SSSR count). The fourth-order valence-corrected chi connectivity index (χ4v) is 4.62. The van der Waals surface area contributed by atoms with E-state index in [9.17, 15) is 15.0 Å². The molecule has 1 heterocycles. The van der Waals surface area contributed by atoms with Crippen molar-refractivity contribution in [1.82, 2.24) is 0 Å². The van der Waals surface area contributed by atoms with Gasteiger partial charge in [-0.1, -0.05) is 6.92 Å². The number of aliphatic hydroxyl groups is 1. The fourth-order valence-electron chi connectivity index (χ4n) is 4.62. The Hall–Kier alpha value is -3.33. The molecule has 0 bridgehead atoms. The molecular formula is C24H28O9. The summed E-state index contributed by atoms with van der Waals surface area (Å²) >= 11 is 0. The highest BCUT2D eigenvalue weighted by atomic mass is 16.7. The zero-order valence-electron chi connectivity index (χ0n) is 19.5. The number of phenols is 1. The van der Waals surface area contributed by atoms with Gasteiger partial charge in [0, 0.05) is 23.6 Å². The quantitative estimate of drug-likeness (QED) is 0.663. The first-order valence-electron chi connectivity index (χ1n) is 10.5. The Balaban J connectivity index is 2.18. The molecule has 9 nitrogen and oxygen atoms in total. The summed E-state index contributed by atoms with van der Waals surface area (Å²) in [5.41, 5.74) is 0.449. The van der Waals surface area contributed by atoms with E-state index < -0.39 is 17.7 Å². The number of aromatic hydroxyl groups is 1. The van der Waals surface area contributed by atoms with Crippen LogP contribution in [0.2, 0.25) is 0 Å². The third-order valence-corrected chi connectivity index (χ3v) is 6.45. The number of ether oxygens (including phenoxy) is 6. The molecule has 33 heavy (non-hydrogen) atoms. The lowest BCUT2D eigenvalue weighted by atomic mass is 9.73. The maximum Gasteiger partial charge on any atom is 0.303 e. The van der Waals surface area contributed by atoms with Gasteiger partial charge in [0.15, 0.2) is 29.1 Å². The third kappa shape index (κ3) is 3.47. The van der Waals surface area contributed by atoms with E-state index in [0.717, 1.165) is 0 Å². The average molecular weight is 460 g/mol. The minimum Gasteiger partial charge on any atom is -0.504 e. The topological polar surface area (TPSA) is 113 Å². The van der Waals surface area contributed by atoms with Crippen molar-refractivity contribution in [2.75, 3.05) is 28.1 Å². The van der Waals surface area contributed by atoms with E-state index in [0.29, 0.717) is 40.2 Å². The lowest BCUT2D eigenvalue weighted by Gasteiger charge is -2.40. The number of esters is 1. The average Bonchev–Trinajstić information content (AvgIpc) is 3.24. The standard InChI is InChI=1S/C24H28O9/c1-11-7-13-8-16-20(32-10-31-16)19(26)17(13)18-14(23(24(11,3)27)33-12(2)25)9-15(28-4)21(29-5)22(18)30-6/h8-9,11,23,26-27H,7,10H2,1-6H3/t11-,23-,24+/m0/s1. The molecule has 0 fully saturated rings. The number of fused-ring (bicyclic) bond motifs is 4. The largest absolute Gasteiger partial charge is 0.504 e. The number of hydrogen-bond donors (Lipinski definition) is 2. The maximum atomic E-state index is 12.1. The second kappa shape index (κ2) is 8.22. The number of carbonyl (C=O) groups excluding carboxylic acids is 1. The van der Waals surface area contributed by atoms with Gasteiger partial charge in [0.2, 0.25) is 18.3 Å². The summed E-state index contributed by atoms with van der Waals surface area (Å²) < 4.78 is 33.5. The highest BCUT2D eigenvalue weighted by molar-refractivity contribution is 5.89. The summed E-state index contributed by atoms with van der Waals surface area (Å²) in [5.74, 6) is 0.395. The molecule has 1 aliphatic heterocycles. The van der Waals surface area contributed by atoms with Crippen molar-refractivity contribution in [2.24, 2.45) is 5.92 Å². The van der Waals surface area contributed by atoms with Gasteiger partial charge in [0.25, 0.3) is 0 Å². The van der Waals surface area contributed by atoms with Crippen LogP contribution in [-0.4, -0.2) is 49.9 Å². The first-order chi connectivity index (χ1) is 15.6. The van der Waals surface area contributed by atoms with Crippen LogP contribution in [0.25, 0.3) is 11.1 Å². The first kappa shape index (κ1) is 22.8. The van der Waals surface area contributed by atoms with Crippen LogP contribution in [0.5, 0.6) is 34.5 Å². The number of benzene rings is 2. The lowest BCUT2D eigenvalue weighted by molar-refractivity contribution is -0.168. The molecule has 0 spiro atoms. The summed E-state index contributed by atoms with van der Waals surface area (Å²) in [7, 11) is 4.40. The van der Waals surface area contributed by atoms with Crippen LogP contribution in [0.15, 0.2) is 12.1 Å². The second-order valence-electron chi connectivity index (χ2n) is 8.42. The lowest BCUT2D eigenvalue weighted by Crippen LogP contribution is -2.43. The smallest absolute Gasteiger partial charge is 0.303 e. The number of rotatable bonds is 4. The molecule has 178 valence electrons. The van der Waals surface area contributed by atoms with E-state index in [1.54, 1.807) is 19.1 Å². The number of hydrogen-bond acceptors (Lipinski definition) is 9. The summed E-state index contributed by atoms with van der Waals surface area (Å²) in [6.07, 6.45) is -0.743. The summed E-state index contributed by atoms with van der Waals surface area (Å²) in [4.78, 5) is 12.1. The number of carbonyl (C=O) groups is 1. The molecule has 0 amide bonds. The summed E-state index contributed by atoms with van der Waals surface area (Å²) in [5, 5.41) is 22.9. The zero-order valence-corrected chi connectivity index (χ0v) is 19.5. The minimum absolute atomic E-state index is 0.0228. The van der Waals surface area contributed by atoms with Crippen LogP contribution >= 0.6 is 0 Å². The molecule has 2 aromatic carbocycles. The van der Waals surface area contributed by atoms with E-state index in [4.69, 9.17) is 28.4 Å². The minimum atomic E-state index is -1.48.